The van der Waals surface area contributed by atoms with Gasteiger partial charge in [-0.25, -0.2) is 4.98 Å². The molecule has 0 bridgehead atoms. The fourth-order valence-corrected chi connectivity index (χ4v) is 3.32. The maximum atomic E-state index is 12.7. The highest BCUT2D eigenvalue weighted by molar-refractivity contribution is 5.97. The van der Waals surface area contributed by atoms with E-state index in [1.54, 1.807) is 23.2 Å². The highest BCUT2D eigenvalue weighted by atomic mass is 16.3. The molecule has 2 amide bonds. The number of pyridine rings is 1. The van der Waals surface area contributed by atoms with Crippen molar-refractivity contribution in [2.75, 3.05) is 18.4 Å². The number of nitrogens with zero attached hydrogens (tertiary/aromatic N) is 2. The average Bonchev–Trinajstić information content (AvgIpc) is 2.68. The number of aromatic nitrogens is 1. The molecule has 27 heavy (non-hydrogen) atoms. The van der Waals surface area contributed by atoms with E-state index >= 15 is 0 Å². The van der Waals surface area contributed by atoms with E-state index in [9.17, 15) is 14.7 Å². The lowest BCUT2D eigenvalue weighted by Gasteiger charge is -2.31. The monoisotopic (exact) mass is 367 g/mol. The van der Waals surface area contributed by atoms with Gasteiger partial charge in [0.2, 0.25) is 5.91 Å². The Hall–Kier alpha value is -2.89. The van der Waals surface area contributed by atoms with Crippen molar-refractivity contribution < 1.29 is 14.7 Å². The number of aryl methyl sites for hydroxylation is 2. The van der Waals surface area contributed by atoms with Crippen molar-refractivity contribution in [3.05, 3.63) is 53.2 Å². The average molecular weight is 367 g/mol. The molecule has 3 rings (SSSR count). The van der Waals surface area contributed by atoms with Crippen LogP contribution in [-0.2, 0) is 11.2 Å². The van der Waals surface area contributed by atoms with E-state index in [2.05, 4.69) is 10.3 Å². The van der Waals surface area contributed by atoms with Gasteiger partial charge in [-0.2, -0.15) is 0 Å². The van der Waals surface area contributed by atoms with E-state index < -0.39 is 0 Å². The van der Waals surface area contributed by atoms with Crippen LogP contribution in [0.2, 0.25) is 0 Å². The first kappa shape index (κ1) is 18.9. The minimum atomic E-state index is -0.179. The Morgan fingerprint density at radius 3 is 2.63 bits per heavy atom. The molecule has 0 spiro atoms. The maximum Gasteiger partial charge on any atom is 0.257 e. The Bertz CT molecular complexity index is 842. The molecule has 0 radical (unpaired) electrons. The molecule has 0 saturated carbocycles. The molecule has 2 heterocycles. The van der Waals surface area contributed by atoms with Crippen molar-refractivity contribution >= 4 is 17.6 Å². The lowest BCUT2D eigenvalue weighted by atomic mass is 9.95. The summed E-state index contributed by atoms with van der Waals surface area (Å²) in [5, 5.41) is 12.9. The number of rotatable bonds is 4. The molecule has 6 nitrogen and oxygen atoms in total. The highest BCUT2D eigenvalue weighted by Crippen LogP contribution is 2.25. The van der Waals surface area contributed by atoms with Crippen LogP contribution in [0.3, 0.4) is 0 Å². The largest absolute Gasteiger partial charge is 0.507 e. The molecule has 1 aliphatic rings. The molecule has 1 fully saturated rings. The third kappa shape index (κ3) is 4.45. The smallest absolute Gasteiger partial charge is 0.257 e. The predicted octanol–water partition coefficient (Wildman–Crippen LogP) is 3.15. The summed E-state index contributed by atoms with van der Waals surface area (Å²) in [5.74, 6) is 0.173. The van der Waals surface area contributed by atoms with Crippen LogP contribution in [0, 0.1) is 12.8 Å². The van der Waals surface area contributed by atoms with Gasteiger partial charge in [-0.3, -0.25) is 9.59 Å². The normalized spacial score (nSPS) is 14.8. The molecular formula is C21H25N3O3. The number of aromatic hydroxyl groups is 1. The first-order valence-corrected chi connectivity index (χ1v) is 9.32. The lowest BCUT2D eigenvalue weighted by molar-refractivity contribution is -0.121. The second kappa shape index (κ2) is 8.20. The number of benzene rings is 1. The second-order valence-corrected chi connectivity index (χ2v) is 6.98. The third-order valence-electron chi connectivity index (χ3n) is 5.02. The summed E-state index contributed by atoms with van der Waals surface area (Å²) in [7, 11) is 0. The number of hydrogen-bond acceptors (Lipinski definition) is 4. The van der Waals surface area contributed by atoms with Crippen LogP contribution in [0.4, 0.5) is 5.82 Å². The Balaban J connectivity index is 1.60. The number of piperidine rings is 1. The first-order chi connectivity index (χ1) is 13.0. The second-order valence-electron chi connectivity index (χ2n) is 6.98. The Labute approximate surface area is 159 Å². The summed E-state index contributed by atoms with van der Waals surface area (Å²) < 4.78 is 0. The van der Waals surface area contributed by atoms with E-state index in [1.807, 2.05) is 32.0 Å². The molecule has 0 atom stereocenters. The number of phenolic OH excluding ortho intramolecular Hbond substituents is 1. The quantitative estimate of drug-likeness (QED) is 0.870. The Kier molecular flexibility index (Phi) is 5.74. The fourth-order valence-electron chi connectivity index (χ4n) is 3.32. The van der Waals surface area contributed by atoms with Gasteiger partial charge in [0.25, 0.3) is 5.91 Å². The minimum Gasteiger partial charge on any atom is -0.507 e. The summed E-state index contributed by atoms with van der Waals surface area (Å²) in [6, 6.07) is 8.85. The third-order valence-corrected chi connectivity index (χ3v) is 5.02. The van der Waals surface area contributed by atoms with Crippen LogP contribution in [0.15, 0.2) is 36.5 Å². The zero-order valence-electron chi connectivity index (χ0n) is 15.7. The van der Waals surface area contributed by atoms with Gasteiger partial charge >= 0.3 is 0 Å². The van der Waals surface area contributed by atoms with Gasteiger partial charge in [-0.15, -0.1) is 0 Å². The van der Waals surface area contributed by atoms with Gasteiger partial charge in [-0.05, 0) is 61.6 Å². The molecule has 6 heteroatoms. The van der Waals surface area contributed by atoms with Gasteiger partial charge in [-0.1, -0.05) is 13.0 Å². The van der Waals surface area contributed by atoms with Crippen molar-refractivity contribution in [3.63, 3.8) is 0 Å². The van der Waals surface area contributed by atoms with Gasteiger partial charge in [0, 0.05) is 25.2 Å². The number of phenols is 1. The number of carbonyl (C=O) groups is 2. The topological polar surface area (TPSA) is 82.5 Å². The summed E-state index contributed by atoms with van der Waals surface area (Å²) in [4.78, 5) is 31.1. The Morgan fingerprint density at radius 2 is 1.96 bits per heavy atom. The summed E-state index contributed by atoms with van der Waals surface area (Å²) >= 11 is 0. The molecule has 2 aromatic rings. The van der Waals surface area contributed by atoms with Crippen LogP contribution < -0.4 is 5.32 Å². The number of carbonyl (C=O) groups excluding carboxylic acids is 2. The fraction of sp³-hybridized carbons (Fsp3) is 0.381. The Morgan fingerprint density at radius 1 is 1.22 bits per heavy atom. The SMILES string of the molecule is CCc1ccc(O)c(C(=O)N2CCC(C(=O)Nc3cc(C)ccn3)CC2)c1. The minimum absolute atomic E-state index is 0.00240. The van der Waals surface area contributed by atoms with Gasteiger partial charge < -0.3 is 15.3 Å². The van der Waals surface area contributed by atoms with Crippen LogP contribution in [0.5, 0.6) is 5.75 Å². The van der Waals surface area contributed by atoms with Crippen molar-refractivity contribution in [1.82, 2.24) is 9.88 Å². The van der Waals surface area contributed by atoms with Crippen LogP contribution >= 0.6 is 0 Å². The van der Waals surface area contributed by atoms with E-state index in [-0.39, 0.29) is 23.5 Å². The van der Waals surface area contributed by atoms with Crippen LogP contribution in [-0.4, -0.2) is 39.9 Å². The number of hydrogen-bond donors (Lipinski definition) is 2. The molecule has 0 aliphatic carbocycles. The van der Waals surface area contributed by atoms with Crippen molar-refractivity contribution in [2.24, 2.45) is 5.92 Å². The van der Waals surface area contributed by atoms with Gasteiger partial charge in [0.1, 0.15) is 11.6 Å². The summed E-state index contributed by atoms with van der Waals surface area (Å²) in [6.45, 7) is 4.94. The standard InChI is InChI=1S/C21H25N3O3/c1-3-15-4-5-18(25)17(13-15)21(27)24-10-7-16(8-11-24)20(26)23-19-12-14(2)6-9-22-19/h4-6,9,12-13,16,25H,3,7-8,10-11H2,1-2H3,(H,22,23,26). The molecule has 1 aliphatic heterocycles. The van der Waals surface area contributed by atoms with Crippen LogP contribution in [0.25, 0.3) is 0 Å². The zero-order valence-corrected chi connectivity index (χ0v) is 15.7. The first-order valence-electron chi connectivity index (χ1n) is 9.32. The van der Waals surface area contributed by atoms with Crippen molar-refractivity contribution in [1.29, 1.82) is 0 Å². The van der Waals surface area contributed by atoms with Gasteiger partial charge in [0.05, 0.1) is 5.56 Å². The number of amides is 2. The molecular weight excluding hydrogens is 342 g/mol. The molecule has 142 valence electrons. The van der Waals surface area contributed by atoms with Crippen molar-refractivity contribution in [2.45, 2.75) is 33.1 Å². The molecule has 1 saturated heterocycles. The highest BCUT2D eigenvalue weighted by Gasteiger charge is 2.29. The number of anilines is 1. The summed E-state index contributed by atoms with van der Waals surface area (Å²) in [6.07, 6.45) is 3.66. The maximum absolute atomic E-state index is 12.7. The van der Waals surface area contributed by atoms with E-state index in [1.165, 1.54) is 0 Å². The molecule has 1 aromatic carbocycles. The lowest BCUT2D eigenvalue weighted by Crippen LogP contribution is -2.41. The predicted molar refractivity (Wildman–Crippen MR) is 104 cm³/mol. The number of likely N-dealkylation sites (tertiary alicyclic amines) is 1. The van der Waals surface area contributed by atoms with Gasteiger partial charge in [0.15, 0.2) is 0 Å². The molecule has 0 unspecified atom stereocenters. The molecule has 1 aromatic heterocycles. The van der Waals surface area contributed by atoms with Crippen LogP contribution in [0.1, 0.15) is 41.3 Å². The zero-order chi connectivity index (χ0) is 19.4. The summed E-state index contributed by atoms with van der Waals surface area (Å²) in [5.41, 5.74) is 2.38. The van der Waals surface area contributed by atoms with E-state index in [0.717, 1.165) is 17.5 Å². The molecule has 2 N–H and O–H groups in total. The van der Waals surface area contributed by atoms with E-state index in [4.69, 9.17) is 0 Å². The van der Waals surface area contributed by atoms with E-state index in [0.29, 0.717) is 37.3 Å². The van der Waals surface area contributed by atoms with Crippen molar-refractivity contribution in [3.8, 4) is 5.75 Å². The number of nitrogens with one attached hydrogen (secondary N) is 1.